The van der Waals surface area contributed by atoms with Crippen LogP contribution in [-0.4, -0.2) is 37.8 Å². The number of rotatable bonds is 6. The Morgan fingerprint density at radius 3 is 2.37 bits per heavy atom. The molecule has 1 aromatic heterocycles. The normalized spacial score (nSPS) is 14.1. The highest BCUT2D eigenvalue weighted by Gasteiger charge is 2.34. The summed E-state index contributed by atoms with van der Waals surface area (Å²) in [5, 5.41) is 8.87. The summed E-state index contributed by atoms with van der Waals surface area (Å²) in [4.78, 5) is 14.8. The van der Waals surface area contributed by atoms with Crippen LogP contribution in [0.3, 0.4) is 0 Å². The van der Waals surface area contributed by atoms with E-state index in [9.17, 15) is 9.36 Å². The Morgan fingerprint density at radius 2 is 1.95 bits per heavy atom. The summed E-state index contributed by atoms with van der Waals surface area (Å²) in [6.45, 7) is 7.62. The molecule has 0 saturated carbocycles. The first-order valence-electron chi connectivity index (χ1n) is 6.31. The SMILES string of the molecule is CC(C)P(=O)(C(C)C)n1cncc1CC(N)C(=O)O. The zero-order chi connectivity index (χ0) is 14.8. The Morgan fingerprint density at radius 1 is 1.42 bits per heavy atom. The van der Waals surface area contributed by atoms with E-state index in [0.717, 1.165) is 0 Å². The zero-order valence-corrected chi connectivity index (χ0v) is 12.7. The molecule has 0 radical (unpaired) electrons. The quantitative estimate of drug-likeness (QED) is 0.777. The van der Waals surface area contributed by atoms with Crippen LogP contribution in [0.5, 0.6) is 0 Å². The van der Waals surface area contributed by atoms with Gasteiger partial charge in [0.15, 0.2) is 7.29 Å². The second-order valence-corrected chi connectivity index (χ2v) is 9.08. The summed E-state index contributed by atoms with van der Waals surface area (Å²) >= 11 is 0. The first-order valence-corrected chi connectivity index (χ1v) is 8.10. The van der Waals surface area contributed by atoms with Crippen molar-refractivity contribution < 1.29 is 14.5 Å². The molecule has 108 valence electrons. The van der Waals surface area contributed by atoms with Crippen molar-refractivity contribution in [3.05, 3.63) is 18.2 Å². The minimum Gasteiger partial charge on any atom is -0.480 e. The molecule has 0 aliphatic heterocycles. The summed E-state index contributed by atoms with van der Waals surface area (Å²) in [5.74, 6) is -1.07. The van der Waals surface area contributed by atoms with Gasteiger partial charge < -0.3 is 10.8 Å². The van der Waals surface area contributed by atoms with E-state index in [0.29, 0.717) is 5.69 Å². The van der Waals surface area contributed by atoms with Gasteiger partial charge in [0.05, 0.1) is 0 Å². The summed E-state index contributed by atoms with van der Waals surface area (Å²) in [6, 6.07) is -1.01. The number of hydrogen-bond donors (Lipinski definition) is 2. The monoisotopic (exact) mass is 287 g/mol. The molecule has 0 aromatic carbocycles. The maximum Gasteiger partial charge on any atom is 0.320 e. The van der Waals surface area contributed by atoms with Gasteiger partial charge in [-0.15, -0.1) is 0 Å². The number of carboxylic acid groups (broad SMARTS) is 1. The van der Waals surface area contributed by atoms with E-state index >= 15 is 0 Å². The van der Waals surface area contributed by atoms with Crippen LogP contribution in [0.2, 0.25) is 0 Å². The Bertz CT molecular complexity index is 484. The van der Waals surface area contributed by atoms with Gasteiger partial charge in [0.2, 0.25) is 0 Å². The molecule has 6 nitrogen and oxygen atoms in total. The Kier molecular flexibility index (Phi) is 4.93. The lowest BCUT2D eigenvalue weighted by Gasteiger charge is -2.29. The number of hydrogen-bond acceptors (Lipinski definition) is 4. The van der Waals surface area contributed by atoms with Gasteiger partial charge in [-0.1, -0.05) is 27.7 Å². The van der Waals surface area contributed by atoms with Gasteiger partial charge >= 0.3 is 5.97 Å². The predicted octanol–water partition coefficient (Wildman–Crippen LogP) is 1.78. The van der Waals surface area contributed by atoms with Gasteiger partial charge in [-0.25, -0.2) is 4.98 Å². The Balaban J connectivity index is 3.18. The number of aromatic nitrogens is 2. The van der Waals surface area contributed by atoms with E-state index in [2.05, 4.69) is 4.98 Å². The maximum atomic E-state index is 13.2. The average Bonchev–Trinajstić information content (AvgIpc) is 2.75. The third-order valence-corrected chi connectivity index (χ3v) is 7.25. The topological polar surface area (TPSA) is 98.2 Å². The van der Waals surface area contributed by atoms with Crippen molar-refractivity contribution in [1.82, 2.24) is 9.32 Å². The van der Waals surface area contributed by atoms with E-state index in [-0.39, 0.29) is 17.7 Å². The van der Waals surface area contributed by atoms with Crippen molar-refractivity contribution in [1.29, 1.82) is 0 Å². The second kappa shape index (κ2) is 5.88. The lowest BCUT2D eigenvalue weighted by atomic mass is 10.2. The molecule has 0 aliphatic rings. The van der Waals surface area contributed by atoms with Gasteiger partial charge in [0.25, 0.3) is 0 Å². The summed E-state index contributed by atoms with van der Waals surface area (Å²) in [7, 11) is -2.69. The van der Waals surface area contributed by atoms with Crippen LogP contribution < -0.4 is 5.73 Å². The van der Waals surface area contributed by atoms with Crippen LogP contribution in [0.25, 0.3) is 0 Å². The molecule has 0 aliphatic carbocycles. The average molecular weight is 287 g/mol. The molecule has 1 aromatic rings. The van der Waals surface area contributed by atoms with E-state index in [1.165, 1.54) is 6.33 Å². The molecule has 0 fully saturated rings. The van der Waals surface area contributed by atoms with Crippen molar-refractivity contribution >= 4 is 13.3 Å². The van der Waals surface area contributed by atoms with Crippen LogP contribution in [0, 0.1) is 0 Å². The fraction of sp³-hybridized carbons (Fsp3) is 0.667. The molecule has 1 rings (SSSR count). The van der Waals surface area contributed by atoms with Crippen molar-refractivity contribution in [2.45, 2.75) is 51.5 Å². The van der Waals surface area contributed by atoms with Crippen LogP contribution in [-0.2, 0) is 15.8 Å². The molecule has 1 atom stereocenters. The minimum atomic E-state index is -2.69. The number of carboxylic acids is 1. The van der Waals surface area contributed by atoms with E-state index in [1.807, 2.05) is 27.7 Å². The zero-order valence-electron chi connectivity index (χ0n) is 11.8. The molecule has 3 N–H and O–H groups in total. The van der Waals surface area contributed by atoms with Gasteiger partial charge in [-0.3, -0.25) is 13.7 Å². The molecule has 0 saturated heterocycles. The van der Waals surface area contributed by atoms with Gasteiger partial charge in [0.1, 0.15) is 12.4 Å². The first-order chi connectivity index (χ1) is 8.71. The van der Waals surface area contributed by atoms with Gasteiger partial charge in [-0.05, 0) is 0 Å². The van der Waals surface area contributed by atoms with Crippen LogP contribution in [0.15, 0.2) is 12.5 Å². The van der Waals surface area contributed by atoms with Crippen LogP contribution >= 0.6 is 7.29 Å². The highest BCUT2D eigenvalue weighted by Crippen LogP contribution is 2.56. The molecule has 7 heteroatoms. The van der Waals surface area contributed by atoms with Crippen molar-refractivity contribution in [3.8, 4) is 0 Å². The van der Waals surface area contributed by atoms with Crippen molar-refractivity contribution in [2.24, 2.45) is 5.73 Å². The van der Waals surface area contributed by atoms with Gasteiger partial charge in [-0.2, -0.15) is 0 Å². The molecule has 1 heterocycles. The summed E-state index contributed by atoms with van der Waals surface area (Å²) in [6.07, 6.45) is 3.18. The van der Waals surface area contributed by atoms with Crippen LogP contribution in [0.1, 0.15) is 33.4 Å². The molecular formula is C12H22N3O3P. The standard InChI is InChI=1S/C12H22N3O3P/c1-8(2)19(18,9(3)4)15-7-14-6-10(15)5-11(13)12(16)17/h6-9,11H,5,13H2,1-4H3,(H,16,17). The first kappa shape index (κ1) is 15.9. The number of imidazole rings is 1. The highest BCUT2D eigenvalue weighted by molar-refractivity contribution is 7.63. The van der Waals surface area contributed by atoms with E-state index < -0.39 is 19.3 Å². The molecule has 0 bridgehead atoms. The fourth-order valence-corrected chi connectivity index (χ4v) is 5.09. The molecule has 19 heavy (non-hydrogen) atoms. The lowest BCUT2D eigenvalue weighted by Crippen LogP contribution is -2.33. The van der Waals surface area contributed by atoms with E-state index in [1.54, 1.807) is 10.5 Å². The highest BCUT2D eigenvalue weighted by atomic mass is 31.2. The molecule has 0 amide bonds. The molecule has 0 spiro atoms. The largest absolute Gasteiger partial charge is 0.480 e. The van der Waals surface area contributed by atoms with Crippen molar-refractivity contribution in [3.63, 3.8) is 0 Å². The fourth-order valence-electron chi connectivity index (χ4n) is 2.15. The second-order valence-electron chi connectivity index (χ2n) is 5.24. The minimum absolute atomic E-state index is 0.0403. The smallest absolute Gasteiger partial charge is 0.320 e. The maximum absolute atomic E-state index is 13.2. The molecule has 1 unspecified atom stereocenters. The van der Waals surface area contributed by atoms with Crippen molar-refractivity contribution in [2.75, 3.05) is 0 Å². The number of nitrogens with zero attached hydrogens (tertiary/aromatic N) is 2. The lowest BCUT2D eigenvalue weighted by molar-refractivity contribution is -0.138. The summed E-state index contributed by atoms with van der Waals surface area (Å²) in [5.41, 5.74) is 6.07. The summed E-state index contributed by atoms with van der Waals surface area (Å²) < 4.78 is 14.8. The Labute approximate surface area is 113 Å². The van der Waals surface area contributed by atoms with Crippen LogP contribution in [0.4, 0.5) is 0 Å². The van der Waals surface area contributed by atoms with E-state index in [4.69, 9.17) is 10.8 Å². The third-order valence-electron chi connectivity index (χ3n) is 3.26. The van der Waals surface area contributed by atoms with Gasteiger partial charge in [0, 0.05) is 29.6 Å². The number of carbonyl (C=O) groups is 1. The number of nitrogens with two attached hydrogens (primary N) is 1. The predicted molar refractivity (Wildman–Crippen MR) is 74.8 cm³/mol. The number of aliphatic carboxylic acids is 1. The Hall–Kier alpha value is -1.13. The molecular weight excluding hydrogens is 265 g/mol. The third kappa shape index (κ3) is 3.07.